The lowest BCUT2D eigenvalue weighted by molar-refractivity contribution is 0.365. The standard InChI is InChI=1S/C18H17N7/c1-13-9-19-24(10-13)15-11-23(12-15)17-8-7-16-20-21-18(25(16)22-17)14-5-3-2-4-6-14/h2-10,15H,11-12H2,1H3. The fraction of sp³-hybridized carbons (Fsp3) is 0.222. The fourth-order valence-corrected chi connectivity index (χ4v) is 3.16. The van der Waals surface area contributed by atoms with Gasteiger partial charge in [-0.15, -0.1) is 15.3 Å². The van der Waals surface area contributed by atoms with Gasteiger partial charge in [-0.2, -0.15) is 9.61 Å². The summed E-state index contributed by atoms with van der Waals surface area (Å²) in [5, 5.41) is 17.7. The second-order valence-electron chi connectivity index (χ2n) is 6.41. The molecule has 4 heterocycles. The van der Waals surface area contributed by atoms with Crippen LogP contribution >= 0.6 is 0 Å². The number of rotatable bonds is 3. The first-order valence-electron chi connectivity index (χ1n) is 8.31. The smallest absolute Gasteiger partial charge is 0.185 e. The Morgan fingerprint density at radius 2 is 1.84 bits per heavy atom. The van der Waals surface area contributed by atoms with E-state index in [1.54, 1.807) is 0 Å². The Labute approximate surface area is 144 Å². The molecule has 7 nitrogen and oxygen atoms in total. The lowest BCUT2D eigenvalue weighted by atomic mass is 10.1. The molecule has 3 aromatic heterocycles. The molecule has 25 heavy (non-hydrogen) atoms. The summed E-state index contributed by atoms with van der Waals surface area (Å²) in [6.07, 6.45) is 3.99. The maximum absolute atomic E-state index is 4.75. The molecule has 1 saturated heterocycles. The Morgan fingerprint density at radius 3 is 2.60 bits per heavy atom. The predicted octanol–water partition coefficient (Wildman–Crippen LogP) is 2.36. The molecule has 0 aliphatic carbocycles. The van der Waals surface area contributed by atoms with Crippen LogP contribution in [0.3, 0.4) is 0 Å². The molecule has 1 aromatic carbocycles. The van der Waals surface area contributed by atoms with Gasteiger partial charge in [-0.05, 0) is 24.6 Å². The zero-order valence-corrected chi connectivity index (χ0v) is 13.8. The van der Waals surface area contributed by atoms with Crippen molar-refractivity contribution in [3.8, 4) is 11.4 Å². The van der Waals surface area contributed by atoms with E-state index in [0.717, 1.165) is 35.9 Å². The molecule has 0 amide bonds. The molecular weight excluding hydrogens is 314 g/mol. The van der Waals surface area contributed by atoms with Gasteiger partial charge < -0.3 is 4.90 Å². The molecule has 1 aliphatic heterocycles. The Kier molecular flexibility index (Phi) is 3.06. The SMILES string of the molecule is Cc1cnn(C2CN(c3ccc4nnc(-c5ccccc5)n4n3)C2)c1. The minimum Gasteiger partial charge on any atom is -0.351 e. The molecule has 0 atom stereocenters. The molecule has 7 heteroatoms. The molecule has 1 aliphatic rings. The highest BCUT2D eigenvalue weighted by molar-refractivity contribution is 5.59. The third-order valence-electron chi connectivity index (χ3n) is 4.57. The minimum atomic E-state index is 0.403. The van der Waals surface area contributed by atoms with Gasteiger partial charge in [-0.3, -0.25) is 4.68 Å². The van der Waals surface area contributed by atoms with Crippen LogP contribution in [-0.4, -0.2) is 42.7 Å². The number of fused-ring (bicyclic) bond motifs is 1. The van der Waals surface area contributed by atoms with Gasteiger partial charge in [0.25, 0.3) is 0 Å². The topological polar surface area (TPSA) is 64.1 Å². The van der Waals surface area contributed by atoms with Crippen molar-refractivity contribution in [3.63, 3.8) is 0 Å². The van der Waals surface area contributed by atoms with Crippen molar-refractivity contribution in [1.82, 2.24) is 29.6 Å². The fourth-order valence-electron chi connectivity index (χ4n) is 3.16. The number of benzene rings is 1. The van der Waals surface area contributed by atoms with E-state index < -0.39 is 0 Å². The molecule has 124 valence electrons. The van der Waals surface area contributed by atoms with Gasteiger partial charge in [0.05, 0.1) is 12.2 Å². The lowest BCUT2D eigenvalue weighted by Gasteiger charge is -2.39. The Hall–Kier alpha value is -3.22. The average Bonchev–Trinajstić information content (AvgIpc) is 3.20. The number of aromatic nitrogens is 6. The van der Waals surface area contributed by atoms with Gasteiger partial charge in [0.1, 0.15) is 5.82 Å². The third-order valence-corrected chi connectivity index (χ3v) is 4.57. The van der Waals surface area contributed by atoms with Crippen LogP contribution in [0.4, 0.5) is 5.82 Å². The summed E-state index contributed by atoms with van der Waals surface area (Å²) in [4.78, 5) is 2.25. The summed E-state index contributed by atoms with van der Waals surface area (Å²) in [5.41, 5.74) is 2.95. The largest absolute Gasteiger partial charge is 0.351 e. The second-order valence-corrected chi connectivity index (χ2v) is 6.41. The van der Waals surface area contributed by atoms with Crippen LogP contribution in [0.2, 0.25) is 0 Å². The normalized spacial score (nSPS) is 14.8. The summed E-state index contributed by atoms with van der Waals surface area (Å²) in [5.74, 6) is 1.70. The number of aryl methyl sites for hydroxylation is 1. The quantitative estimate of drug-likeness (QED) is 0.577. The number of nitrogens with zero attached hydrogens (tertiary/aromatic N) is 7. The molecule has 0 radical (unpaired) electrons. The Bertz CT molecular complexity index is 1030. The molecule has 0 unspecified atom stereocenters. The maximum Gasteiger partial charge on any atom is 0.185 e. The van der Waals surface area contributed by atoms with E-state index >= 15 is 0 Å². The zero-order chi connectivity index (χ0) is 16.8. The monoisotopic (exact) mass is 331 g/mol. The third kappa shape index (κ3) is 2.36. The van der Waals surface area contributed by atoms with E-state index in [0.29, 0.717) is 6.04 Å². The van der Waals surface area contributed by atoms with E-state index in [9.17, 15) is 0 Å². The second kappa shape index (κ2) is 5.41. The number of hydrogen-bond acceptors (Lipinski definition) is 5. The van der Waals surface area contributed by atoms with E-state index in [2.05, 4.69) is 33.3 Å². The van der Waals surface area contributed by atoms with Crippen molar-refractivity contribution >= 4 is 11.5 Å². The van der Waals surface area contributed by atoms with Crippen LogP contribution < -0.4 is 4.90 Å². The van der Waals surface area contributed by atoms with Gasteiger partial charge in [0.2, 0.25) is 0 Å². The first-order chi connectivity index (χ1) is 12.3. The number of hydrogen-bond donors (Lipinski definition) is 0. The van der Waals surface area contributed by atoms with Crippen LogP contribution in [0, 0.1) is 6.92 Å². The Balaban J connectivity index is 1.43. The van der Waals surface area contributed by atoms with E-state index in [1.807, 2.05) is 57.9 Å². The first-order valence-corrected chi connectivity index (χ1v) is 8.31. The van der Waals surface area contributed by atoms with E-state index in [-0.39, 0.29) is 0 Å². The molecule has 0 N–H and O–H groups in total. The molecule has 0 spiro atoms. The van der Waals surface area contributed by atoms with Crippen molar-refractivity contribution < 1.29 is 0 Å². The molecule has 1 fully saturated rings. The number of anilines is 1. The van der Waals surface area contributed by atoms with E-state index in [1.165, 1.54) is 5.56 Å². The van der Waals surface area contributed by atoms with Crippen molar-refractivity contribution in [2.75, 3.05) is 18.0 Å². The Morgan fingerprint density at radius 1 is 1.00 bits per heavy atom. The van der Waals surface area contributed by atoms with Crippen molar-refractivity contribution in [2.45, 2.75) is 13.0 Å². The highest BCUT2D eigenvalue weighted by Gasteiger charge is 2.30. The first kappa shape index (κ1) is 14.2. The van der Waals surface area contributed by atoms with Gasteiger partial charge >= 0.3 is 0 Å². The van der Waals surface area contributed by atoms with Crippen molar-refractivity contribution in [3.05, 3.63) is 60.4 Å². The summed E-state index contributed by atoms with van der Waals surface area (Å²) in [6, 6.07) is 14.4. The summed E-state index contributed by atoms with van der Waals surface area (Å²) in [6.45, 7) is 3.87. The summed E-state index contributed by atoms with van der Waals surface area (Å²) >= 11 is 0. The molecule has 5 rings (SSSR count). The molecule has 4 aromatic rings. The average molecular weight is 331 g/mol. The van der Waals surface area contributed by atoms with Crippen LogP contribution in [0.5, 0.6) is 0 Å². The van der Waals surface area contributed by atoms with Gasteiger partial charge in [0, 0.05) is 24.8 Å². The molecular formula is C18H17N7. The summed E-state index contributed by atoms with van der Waals surface area (Å²) < 4.78 is 3.86. The van der Waals surface area contributed by atoms with Crippen LogP contribution in [0.15, 0.2) is 54.9 Å². The lowest BCUT2D eigenvalue weighted by Crippen LogP contribution is -2.48. The molecule has 0 bridgehead atoms. The van der Waals surface area contributed by atoms with Crippen LogP contribution in [-0.2, 0) is 0 Å². The van der Waals surface area contributed by atoms with Crippen LogP contribution in [0.1, 0.15) is 11.6 Å². The minimum absolute atomic E-state index is 0.403. The van der Waals surface area contributed by atoms with Crippen molar-refractivity contribution in [2.24, 2.45) is 0 Å². The van der Waals surface area contributed by atoms with Gasteiger partial charge in [0.15, 0.2) is 11.5 Å². The zero-order valence-electron chi connectivity index (χ0n) is 13.8. The van der Waals surface area contributed by atoms with E-state index in [4.69, 9.17) is 5.10 Å². The van der Waals surface area contributed by atoms with Crippen molar-refractivity contribution in [1.29, 1.82) is 0 Å². The molecule has 0 saturated carbocycles. The highest BCUT2D eigenvalue weighted by Crippen LogP contribution is 2.27. The van der Waals surface area contributed by atoms with Crippen LogP contribution in [0.25, 0.3) is 17.0 Å². The van der Waals surface area contributed by atoms with Gasteiger partial charge in [-0.25, -0.2) is 0 Å². The van der Waals surface area contributed by atoms with Gasteiger partial charge in [-0.1, -0.05) is 30.3 Å². The maximum atomic E-state index is 4.75. The highest BCUT2D eigenvalue weighted by atomic mass is 15.4. The summed E-state index contributed by atoms with van der Waals surface area (Å²) in [7, 11) is 0. The predicted molar refractivity (Wildman–Crippen MR) is 94.4 cm³/mol.